The van der Waals surface area contributed by atoms with Crippen LogP contribution >= 0.6 is 11.3 Å². The molecule has 0 radical (unpaired) electrons. The topological polar surface area (TPSA) is 66.8 Å². The number of anilines is 2. The lowest BCUT2D eigenvalue weighted by Crippen LogP contribution is -2.35. The third-order valence-electron chi connectivity index (χ3n) is 4.44. The van der Waals surface area contributed by atoms with Crippen LogP contribution in [0.25, 0.3) is 0 Å². The van der Waals surface area contributed by atoms with Gasteiger partial charge < -0.3 is 9.64 Å². The Morgan fingerprint density at radius 2 is 2.33 bits per heavy atom. The fraction of sp³-hybridized carbons (Fsp3) is 0.450. The first-order valence-corrected chi connectivity index (χ1v) is 10.2. The van der Waals surface area contributed by atoms with Crippen LogP contribution in [-0.4, -0.2) is 36.4 Å². The SMILES string of the molecule is CCOC(=O)Cc1csc(NN=Cc2ccc3c(c2)CCCN3C(C)C)n1. The van der Waals surface area contributed by atoms with E-state index in [9.17, 15) is 4.79 Å². The van der Waals surface area contributed by atoms with Gasteiger partial charge in [0.05, 0.1) is 24.9 Å². The predicted molar refractivity (Wildman–Crippen MR) is 111 cm³/mol. The van der Waals surface area contributed by atoms with Crippen LogP contribution in [0.5, 0.6) is 0 Å². The lowest BCUT2D eigenvalue weighted by Gasteiger charge is -2.34. The summed E-state index contributed by atoms with van der Waals surface area (Å²) in [6.07, 6.45) is 4.29. The van der Waals surface area contributed by atoms with Crippen LogP contribution in [0, 0.1) is 0 Å². The van der Waals surface area contributed by atoms with Gasteiger partial charge in [0.15, 0.2) is 0 Å². The fourth-order valence-corrected chi connectivity index (χ4v) is 3.88. The third-order valence-corrected chi connectivity index (χ3v) is 5.23. The van der Waals surface area contributed by atoms with E-state index < -0.39 is 0 Å². The molecule has 0 bridgehead atoms. The second-order valence-corrected chi connectivity index (χ2v) is 7.63. The number of hydrogen-bond acceptors (Lipinski definition) is 7. The lowest BCUT2D eigenvalue weighted by molar-refractivity contribution is -0.142. The monoisotopic (exact) mass is 386 g/mol. The minimum absolute atomic E-state index is 0.187. The van der Waals surface area contributed by atoms with Crippen molar-refractivity contribution in [3.8, 4) is 0 Å². The van der Waals surface area contributed by atoms with E-state index in [1.807, 2.05) is 5.38 Å². The van der Waals surface area contributed by atoms with Gasteiger partial charge in [0, 0.05) is 23.7 Å². The average Bonchev–Trinajstić information content (AvgIpc) is 3.08. The van der Waals surface area contributed by atoms with Crippen molar-refractivity contribution in [2.45, 2.75) is 46.1 Å². The molecule has 0 unspecified atom stereocenters. The molecular weight excluding hydrogens is 360 g/mol. The first-order chi connectivity index (χ1) is 13.1. The minimum Gasteiger partial charge on any atom is -0.466 e. The van der Waals surface area contributed by atoms with Crippen LogP contribution in [0.4, 0.5) is 10.8 Å². The Morgan fingerprint density at radius 1 is 1.48 bits per heavy atom. The molecule has 6 nitrogen and oxygen atoms in total. The Hall–Kier alpha value is -2.41. The number of carbonyl (C=O) groups excluding carboxylic acids is 1. The molecule has 0 fully saturated rings. The number of hydrazone groups is 1. The molecule has 2 aromatic rings. The summed E-state index contributed by atoms with van der Waals surface area (Å²) in [5.41, 5.74) is 7.42. The maximum absolute atomic E-state index is 11.5. The summed E-state index contributed by atoms with van der Waals surface area (Å²) in [6.45, 7) is 7.77. The van der Waals surface area contributed by atoms with Crippen LogP contribution < -0.4 is 10.3 Å². The Morgan fingerprint density at radius 3 is 3.11 bits per heavy atom. The highest BCUT2D eigenvalue weighted by Crippen LogP contribution is 2.29. The van der Waals surface area contributed by atoms with E-state index in [-0.39, 0.29) is 12.4 Å². The summed E-state index contributed by atoms with van der Waals surface area (Å²) < 4.78 is 4.93. The number of fused-ring (bicyclic) bond motifs is 1. The molecular formula is C20H26N4O2S. The summed E-state index contributed by atoms with van der Waals surface area (Å²) in [7, 11) is 0. The van der Waals surface area contributed by atoms with Crippen molar-refractivity contribution >= 4 is 34.3 Å². The smallest absolute Gasteiger partial charge is 0.311 e. The van der Waals surface area contributed by atoms with Crippen molar-refractivity contribution in [1.29, 1.82) is 0 Å². The zero-order valence-corrected chi connectivity index (χ0v) is 16.9. The quantitative estimate of drug-likeness (QED) is 0.445. The second-order valence-electron chi connectivity index (χ2n) is 6.77. The minimum atomic E-state index is -0.262. The van der Waals surface area contributed by atoms with Gasteiger partial charge in [-0.2, -0.15) is 5.10 Å². The van der Waals surface area contributed by atoms with Crippen LogP contribution in [0.2, 0.25) is 0 Å². The summed E-state index contributed by atoms with van der Waals surface area (Å²) >= 11 is 1.42. The molecule has 0 saturated carbocycles. The molecule has 0 aliphatic carbocycles. The normalized spacial score (nSPS) is 13.9. The molecule has 27 heavy (non-hydrogen) atoms. The van der Waals surface area contributed by atoms with Gasteiger partial charge in [-0.3, -0.25) is 10.2 Å². The number of nitrogens with zero attached hydrogens (tertiary/aromatic N) is 3. The standard InChI is InChI=1S/C20H26N4O2S/c1-4-26-19(25)11-17-13-27-20(22-17)23-21-12-15-7-8-18-16(10-15)6-5-9-24(18)14(2)3/h7-8,10,12-14H,4-6,9,11H2,1-3H3,(H,22,23). The molecule has 1 aromatic heterocycles. The summed E-state index contributed by atoms with van der Waals surface area (Å²) in [5, 5.41) is 6.79. The van der Waals surface area contributed by atoms with Gasteiger partial charge in [0.25, 0.3) is 0 Å². The number of esters is 1. The molecule has 0 saturated heterocycles. The number of benzene rings is 1. The highest BCUT2D eigenvalue weighted by atomic mass is 32.1. The van der Waals surface area contributed by atoms with E-state index >= 15 is 0 Å². The summed E-state index contributed by atoms with van der Waals surface area (Å²) in [4.78, 5) is 18.3. The molecule has 0 amide bonds. The molecule has 144 valence electrons. The van der Waals surface area contributed by atoms with Gasteiger partial charge in [-0.15, -0.1) is 11.3 Å². The molecule has 0 atom stereocenters. The number of rotatable bonds is 7. The third kappa shape index (κ3) is 5.07. The molecule has 1 N–H and O–H groups in total. The van der Waals surface area contributed by atoms with Crippen molar-refractivity contribution in [2.75, 3.05) is 23.5 Å². The molecule has 1 aliphatic heterocycles. The maximum atomic E-state index is 11.5. The number of thiazole rings is 1. The van der Waals surface area contributed by atoms with Crippen molar-refractivity contribution < 1.29 is 9.53 Å². The van der Waals surface area contributed by atoms with E-state index in [1.165, 1.54) is 29.0 Å². The Kier molecular flexibility index (Phi) is 6.45. The lowest BCUT2D eigenvalue weighted by atomic mass is 9.98. The zero-order chi connectivity index (χ0) is 19.2. The van der Waals surface area contributed by atoms with Crippen molar-refractivity contribution in [2.24, 2.45) is 5.10 Å². The Bertz CT molecular complexity index is 816. The van der Waals surface area contributed by atoms with Crippen molar-refractivity contribution in [3.63, 3.8) is 0 Å². The van der Waals surface area contributed by atoms with E-state index in [0.717, 1.165) is 18.5 Å². The number of carbonyl (C=O) groups is 1. The first-order valence-electron chi connectivity index (χ1n) is 9.35. The van der Waals surface area contributed by atoms with Crippen molar-refractivity contribution in [1.82, 2.24) is 4.98 Å². The van der Waals surface area contributed by atoms with Gasteiger partial charge in [0.1, 0.15) is 0 Å². The summed E-state index contributed by atoms with van der Waals surface area (Å²) in [5.74, 6) is -0.262. The molecule has 7 heteroatoms. The number of nitrogens with one attached hydrogen (secondary N) is 1. The van der Waals surface area contributed by atoms with Crippen molar-refractivity contribution in [3.05, 3.63) is 40.4 Å². The molecule has 2 heterocycles. The first kappa shape index (κ1) is 19.4. The van der Waals surface area contributed by atoms with Gasteiger partial charge in [0.2, 0.25) is 5.13 Å². The average molecular weight is 387 g/mol. The molecule has 1 aliphatic rings. The van der Waals surface area contributed by atoms with Gasteiger partial charge in [-0.25, -0.2) is 4.98 Å². The van der Waals surface area contributed by atoms with Crippen LogP contribution in [-0.2, 0) is 22.4 Å². The molecule has 1 aromatic carbocycles. The number of ether oxygens (including phenoxy) is 1. The highest BCUT2D eigenvalue weighted by molar-refractivity contribution is 7.13. The Labute approximate surface area is 164 Å². The Balaban J connectivity index is 1.60. The van der Waals surface area contributed by atoms with E-state index in [1.54, 1.807) is 13.1 Å². The number of aryl methyl sites for hydroxylation is 1. The van der Waals surface area contributed by atoms with E-state index in [0.29, 0.717) is 23.5 Å². The predicted octanol–water partition coefficient (Wildman–Crippen LogP) is 3.86. The molecule has 0 spiro atoms. The second kappa shape index (κ2) is 8.99. The number of aromatic nitrogens is 1. The van der Waals surface area contributed by atoms with E-state index in [4.69, 9.17) is 4.74 Å². The number of hydrogen-bond donors (Lipinski definition) is 1. The van der Waals surface area contributed by atoms with Crippen LogP contribution in [0.15, 0.2) is 28.7 Å². The van der Waals surface area contributed by atoms with Gasteiger partial charge >= 0.3 is 5.97 Å². The van der Waals surface area contributed by atoms with Gasteiger partial charge in [-0.05, 0) is 56.9 Å². The fourth-order valence-electron chi connectivity index (χ4n) is 3.22. The molecule has 3 rings (SSSR count). The maximum Gasteiger partial charge on any atom is 0.311 e. The van der Waals surface area contributed by atoms with Crippen LogP contribution in [0.1, 0.15) is 44.0 Å². The highest BCUT2D eigenvalue weighted by Gasteiger charge is 2.18. The zero-order valence-electron chi connectivity index (χ0n) is 16.1. The van der Waals surface area contributed by atoms with Gasteiger partial charge in [-0.1, -0.05) is 6.07 Å². The van der Waals surface area contributed by atoms with E-state index in [2.05, 4.69) is 52.5 Å². The van der Waals surface area contributed by atoms with Crippen LogP contribution in [0.3, 0.4) is 0 Å². The largest absolute Gasteiger partial charge is 0.466 e. The summed E-state index contributed by atoms with van der Waals surface area (Å²) in [6, 6.07) is 7.01.